The number of rotatable bonds is 14. The lowest BCUT2D eigenvalue weighted by atomic mass is 9.77. The van der Waals surface area contributed by atoms with Gasteiger partial charge in [-0.2, -0.15) is 0 Å². The van der Waals surface area contributed by atoms with Crippen LogP contribution in [0, 0.1) is 5.41 Å². The van der Waals surface area contributed by atoms with E-state index in [2.05, 4.69) is 13.8 Å². The summed E-state index contributed by atoms with van der Waals surface area (Å²) in [6.45, 7) is 5.11. The van der Waals surface area contributed by atoms with Gasteiger partial charge in [-0.3, -0.25) is 0 Å². The Balaban J connectivity index is 4.59. The minimum atomic E-state index is -0.981. The quantitative estimate of drug-likeness (QED) is 0.388. The summed E-state index contributed by atoms with van der Waals surface area (Å²) in [6.07, 6.45) is 10.6. The second kappa shape index (κ2) is 11.4. The van der Waals surface area contributed by atoms with Crippen molar-refractivity contribution in [2.45, 2.75) is 77.6 Å². The van der Waals surface area contributed by atoms with Crippen LogP contribution in [0.1, 0.15) is 71.6 Å². The average Bonchev–Trinajstić information content (AvgIpc) is 2.51. The fourth-order valence-corrected chi connectivity index (χ4v) is 3.21. The Morgan fingerprint density at radius 2 is 1.24 bits per heavy atom. The minimum absolute atomic E-state index is 0.185. The lowest BCUT2D eigenvalue weighted by molar-refractivity contribution is -0.406. The summed E-state index contributed by atoms with van der Waals surface area (Å²) in [4.78, 5) is 0. The summed E-state index contributed by atoms with van der Waals surface area (Å²) >= 11 is 0. The van der Waals surface area contributed by atoms with Gasteiger partial charge in [-0.05, 0) is 25.8 Å². The first kappa shape index (κ1) is 20.8. The fraction of sp³-hybridized carbons (Fsp3) is 1.00. The highest BCUT2D eigenvalue weighted by Gasteiger charge is 2.49. The normalized spacial score (nSPS) is 15.1. The average molecular weight is 303 g/mol. The summed E-state index contributed by atoms with van der Waals surface area (Å²) in [6, 6.07) is 0. The van der Waals surface area contributed by atoms with E-state index in [0.717, 1.165) is 19.3 Å². The molecule has 4 heteroatoms. The molecule has 0 heterocycles. The maximum Gasteiger partial charge on any atom is 0.287 e. The molecule has 0 amide bonds. The summed E-state index contributed by atoms with van der Waals surface area (Å²) in [5.41, 5.74) is 5.51. The maximum absolute atomic E-state index is 5.69. The molecule has 0 rings (SSSR count). The van der Waals surface area contributed by atoms with Crippen molar-refractivity contribution < 1.29 is 14.2 Å². The molecule has 0 aromatic carbocycles. The molecule has 0 aromatic heterocycles. The van der Waals surface area contributed by atoms with E-state index in [0.29, 0.717) is 6.54 Å². The van der Waals surface area contributed by atoms with Crippen LogP contribution in [-0.4, -0.2) is 33.8 Å². The molecule has 0 spiro atoms. The molecule has 0 aliphatic carbocycles. The Labute approximate surface area is 131 Å². The first-order valence-corrected chi connectivity index (χ1v) is 8.41. The smallest absolute Gasteiger partial charge is 0.287 e. The third-order valence-electron chi connectivity index (χ3n) is 4.56. The second-order valence-electron chi connectivity index (χ2n) is 6.14. The van der Waals surface area contributed by atoms with E-state index >= 15 is 0 Å². The van der Waals surface area contributed by atoms with Gasteiger partial charge >= 0.3 is 0 Å². The van der Waals surface area contributed by atoms with Crippen molar-refractivity contribution in [1.82, 2.24) is 0 Å². The molecular weight excluding hydrogens is 266 g/mol. The van der Waals surface area contributed by atoms with Crippen LogP contribution in [0.3, 0.4) is 0 Å². The van der Waals surface area contributed by atoms with Crippen LogP contribution in [-0.2, 0) is 14.2 Å². The largest absolute Gasteiger partial charge is 0.330 e. The van der Waals surface area contributed by atoms with E-state index in [-0.39, 0.29) is 5.41 Å². The summed E-state index contributed by atoms with van der Waals surface area (Å²) < 4.78 is 16.8. The highest BCUT2D eigenvalue weighted by Crippen LogP contribution is 2.44. The third-order valence-corrected chi connectivity index (χ3v) is 4.56. The molecule has 1 atom stereocenters. The second-order valence-corrected chi connectivity index (χ2v) is 6.14. The van der Waals surface area contributed by atoms with E-state index in [1.54, 1.807) is 21.3 Å². The van der Waals surface area contributed by atoms with E-state index < -0.39 is 5.97 Å². The number of ether oxygens (including phenoxy) is 3. The van der Waals surface area contributed by atoms with E-state index in [1.807, 2.05) is 0 Å². The molecule has 2 N–H and O–H groups in total. The van der Waals surface area contributed by atoms with Gasteiger partial charge in [0.2, 0.25) is 0 Å². The summed E-state index contributed by atoms with van der Waals surface area (Å²) in [7, 11) is 4.94. The molecule has 21 heavy (non-hydrogen) atoms. The van der Waals surface area contributed by atoms with Gasteiger partial charge in [-0.1, -0.05) is 52.4 Å². The highest BCUT2D eigenvalue weighted by atomic mass is 16.9. The van der Waals surface area contributed by atoms with Gasteiger partial charge in [0.1, 0.15) is 0 Å². The van der Waals surface area contributed by atoms with Crippen LogP contribution in [0.4, 0.5) is 0 Å². The summed E-state index contributed by atoms with van der Waals surface area (Å²) in [5, 5.41) is 0. The highest BCUT2D eigenvalue weighted by molar-refractivity contribution is 4.84. The predicted octanol–water partition coefficient (Wildman–Crippen LogP) is 4.08. The molecule has 128 valence electrons. The molecule has 0 aromatic rings. The maximum atomic E-state index is 5.69. The van der Waals surface area contributed by atoms with Gasteiger partial charge in [-0.25, -0.2) is 0 Å². The van der Waals surface area contributed by atoms with Gasteiger partial charge in [0.25, 0.3) is 5.97 Å². The van der Waals surface area contributed by atoms with Crippen LogP contribution >= 0.6 is 0 Å². The Morgan fingerprint density at radius 1 is 0.762 bits per heavy atom. The molecule has 0 saturated carbocycles. The number of methoxy groups -OCH3 is 3. The van der Waals surface area contributed by atoms with Crippen LogP contribution in [0.5, 0.6) is 0 Å². The number of hydrogen-bond donors (Lipinski definition) is 1. The molecular formula is C17H37NO3. The standard InChI is InChI=1S/C17H37NO3/c1-6-7-8-9-10-11-13-16(2,14-12-15-18)17(19-3,20-4)21-5/h6-15,18H2,1-5H3/t16-/m1/s1. The lowest BCUT2D eigenvalue weighted by Crippen LogP contribution is -2.51. The van der Waals surface area contributed by atoms with Gasteiger partial charge in [0, 0.05) is 26.7 Å². The Hall–Kier alpha value is -0.160. The van der Waals surface area contributed by atoms with Crippen molar-refractivity contribution >= 4 is 0 Å². The van der Waals surface area contributed by atoms with Crippen LogP contribution < -0.4 is 5.73 Å². The van der Waals surface area contributed by atoms with Crippen molar-refractivity contribution in [3.63, 3.8) is 0 Å². The Bertz CT molecular complexity index is 236. The van der Waals surface area contributed by atoms with E-state index in [4.69, 9.17) is 19.9 Å². The molecule has 0 aliphatic heterocycles. The van der Waals surface area contributed by atoms with Gasteiger partial charge in [0.05, 0.1) is 0 Å². The zero-order valence-electron chi connectivity index (χ0n) is 14.9. The molecule has 0 bridgehead atoms. The van der Waals surface area contributed by atoms with Gasteiger partial charge in [-0.15, -0.1) is 0 Å². The van der Waals surface area contributed by atoms with Crippen molar-refractivity contribution in [2.24, 2.45) is 11.1 Å². The molecule has 4 nitrogen and oxygen atoms in total. The van der Waals surface area contributed by atoms with Crippen LogP contribution in [0.25, 0.3) is 0 Å². The predicted molar refractivity (Wildman–Crippen MR) is 88.1 cm³/mol. The van der Waals surface area contributed by atoms with Crippen molar-refractivity contribution in [3.05, 3.63) is 0 Å². The van der Waals surface area contributed by atoms with Crippen molar-refractivity contribution in [2.75, 3.05) is 27.9 Å². The number of nitrogens with two attached hydrogens (primary N) is 1. The lowest BCUT2D eigenvalue weighted by Gasteiger charge is -2.45. The van der Waals surface area contributed by atoms with E-state index in [1.165, 1.54) is 38.5 Å². The topological polar surface area (TPSA) is 53.7 Å². The van der Waals surface area contributed by atoms with Gasteiger partial charge < -0.3 is 19.9 Å². The Kier molecular flexibility index (Phi) is 11.3. The van der Waals surface area contributed by atoms with Crippen LogP contribution in [0.2, 0.25) is 0 Å². The third kappa shape index (κ3) is 6.23. The first-order valence-electron chi connectivity index (χ1n) is 8.41. The van der Waals surface area contributed by atoms with Crippen LogP contribution in [0.15, 0.2) is 0 Å². The molecule has 0 aliphatic rings. The zero-order valence-corrected chi connectivity index (χ0v) is 14.9. The fourth-order valence-electron chi connectivity index (χ4n) is 3.21. The monoisotopic (exact) mass is 303 g/mol. The first-order chi connectivity index (χ1) is 10.1. The molecule has 0 fully saturated rings. The van der Waals surface area contributed by atoms with Crippen molar-refractivity contribution in [3.8, 4) is 0 Å². The molecule has 0 radical (unpaired) electrons. The summed E-state index contributed by atoms with van der Waals surface area (Å²) in [5.74, 6) is -0.981. The van der Waals surface area contributed by atoms with Gasteiger partial charge in [0.15, 0.2) is 0 Å². The Morgan fingerprint density at radius 3 is 1.71 bits per heavy atom. The van der Waals surface area contributed by atoms with E-state index in [9.17, 15) is 0 Å². The number of unbranched alkanes of at least 4 members (excludes halogenated alkanes) is 5. The SMILES string of the molecule is CCCCCCCC[C@](C)(CCCN)C(OC)(OC)OC. The zero-order chi connectivity index (χ0) is 16.2. The number of hydrogen-bond acceptors (Lipinski definition) is 4. The minimum Gasteiger partial charge on any atom is -0.330 e. The molecule has 0 unspecified atom stereocenters. The van der Waals surface area contributed by atoms with Crippen molar-refractivity contribution in [1.29, 1.82) is 0 Å². The molecule has 0 saturated heterocycles.